The highest BCUT2D eigenvalue weighted by atomic mass is 16.4. The van der Waals surface area contributed by atoms with Crippen LogP contribution in [0.4, 0.5) is 0 Å². The third-order valence-corrected chi connectivity index (χ3v) is 2.67. The van der Waals surface area contributed by atoms with Gasteiger partial charge in [0.05, 0.1) is 0 Å². The van der Waals surface area contributed by atoms with E-state index in [0.29, 0.717) is 6.54 Å². The smallest absolute Gasteiger partial charge is 0.316 e. The lowest BCUT2D eigenvalue weighted by atomic mass is 9.89. The van der Waals surface area contributed by atoms with E-state index in [2.05, 4.69) is 5.32 Å². The van der Waals surface area contributed by atoms with E-state index < -0.39 is 17.8 Å². The summed E-state index contributed by atoms with van der Waals surface area (Å²) in [6.45, 7) is 0.403. The minimum atomic E-state index is -1.06. The number of rotatable bonds is 2. The number of carboxylic acids is 1. The van der Waals surface area contributed by atoms with E-state index in [1.54, 1.807) is 0 Å². The predicted octanol–water partition coefficient (Wildman–Crippen LogP) is 0.601. The maximum absolute atomic E-state index is 11.3. The van der Waals surface area contributed by atoms with Crippen LogP contribution in [0.2, 0.25) is 0 Å². The summed E-state index contributed by atoms with van der Waals surface area (Å²) in [6.07, 6.45) is 0. The van der Waals surface area contributed by atoms with Crippen molar-refractivity contribution in [2.24, 2.45) is 5.92 Å². The van der Waals surface area contributed by atoms with E-state index in [0.717, 1.165) is 5.56 Å². The Balaban J connectivity index is 2.30. The molecule has 2 atom stereocenters. The molecule has 1 amide bonds. The van der Waals surface area contributed by atoms with Gasteiger partial charge in [0.15, 0.2) is 0 Å². The van der Waals surface area contributed by atoms with Crippen LogP contribution >= 0.6 is 0 Å². The van der Waals surface area contributed by atoms with Gasteiger partial charge >= 0.3 is 5.97 Å². The molecular formula is C11H11NO3. The lowest BCUT2D eigenvalue weighted by Crippen LogP contribution is -2.26. The molecule has 0 saturated carbocycles. The van der Waals surface area contributed by atoms with Crippen molar-refractivity contribution in [3.05, 3.63) is 35.9 Å². The SMILES string of the molecule is O=C(O)C1C(=O)NCC1c1ccccc1. The molecule has 2 rings (SSSR count). The van der Waals surface area contributed by atoms with Crippen LogP contribution in [0.1, 0.15) is 11.5 Å². The first-order valence-electron chi connectivity index (χ1n) is 4.75. The average molecular weight is 205 g/mol. The lowest BCUT2D eigenvalue weighted by Gasteiger charge is -2.12. The molecule has 0 radical (unpaired) electrons. The number of amides is 1. The van der Waals surface area contributed by atoms with E-state index in [1.165, 1.54) is 0 Å². The topological polar surface area (TPSA) is 66.4 Å². The Hall–Kier alpha value is -1.84. The molecule has 0 aromatic heterocycles. The van der Waals surface area contributed by atoms with Crippen molar-refractivity contribution in [2.75, 3.05) is 6.54 Å². The molecule has 1 aliphatic rings. The monoisotopic (exact) mass is 205 g/mol. The normalized spacial score (nSPS) is 24.9. The van der Waals surface area contributed by atoms with Gasteiger partial charge in [-0.1, -0.05) is 30.3 Å². The molecule has 2 N–H and O–H groups in total. The first kappa shape index (κ1) is 9.71. The number of carbonyl (C=O) groups excluding carboxylic acids is 1. The summed E-state index contributed by atoms with van der Waals surface area (Å²) < 4.78 is 0. The number of nitrogens with one attached hydrogen (secondary N) is 1. The van der Waals surface area contributed by atoms with Crippen molar-refractivity contribution in [3.8, 4) is 0 Å². The van der Waals surface area contributed by atoms with E-state index in [4.69, 9.17) is 5.11 Å². The van der Waals surface area contributed by atoms with Gasteiger partial charge in [0.1, 0.15) is 5.92 Å². The highest BCUT2D eigenvalue weighted by Crippen LogP contribution is 2.28. The van der Waals surface area contributed by atoms with Crippen molar-refractivity contribution in [1.82, 2.24) is 5.32 Å². The molecule has 1 aromatic rings. The first-order valence-corrected chi connectivity index (χ1v) is 4.75. The van der Waals surface area contributed by atoms with Crippen LogP contribution in [0.25, 0.3) is 0 Å². The summed E-state index contributed by atoms with van der Waals surface area (Å²) >= 11 is 0. The molecular weight excluding hydrogens is 194 g/mol. The fraction of sp³-hybridized carbons (Fsp3) is 0.273. The van der Waals surface area contributed by atoms with Gasteiger partial charge in [-0.3, -0.25) is 9.59 Å². The Labute approximate surface area is 86.9 Å². The van der Waals surface area contributed by atoms with Crippen molar-refractivity contribution in [1.29, 1.82) is 0 Å². The molecule has 0 spiro atoms. The Bertz CT molecular complexity index is 388. The molecule has 1 fully saturated rings. The fourth-order valence-electron chi connectivity index (χ4n) is 1.92. The molecule has 0 bridgehead atoms. The van der Waals surface area contributed by atoms with Crippen LogP contribution in [-0.4, -0.2) is 23.5 Å². The van der Waals surface area contributed by atoms with Crippen LogP contribution in [0.5, 0.6) is 0 Å². The molecule has 2 unspecified atom stereocenters. The zero-order valence-electron chi connectivity index (χ0n) is 8.01. The minimum absolute atomic E-state index is 0.254. The van der Waals surface area contributed by atoms with Gasteiger partial charge in [0.25, 0.3) is 0 Å². The van der Waals surface area contributed by atoms with E-state index in [1.807, 2.05) is 30.3 Å². The summed E-state index contributed by atoms with van der Waals surface area (Å²) in [5.74, 6) is -2.65. The zero-order chi connectivity index (χ0) is 10.8. The van der Waals surface area contributed by atoms with Crippen LogP contribution in [-0.2, 0) is 9.59 Å². The van der Waals surface area contributed by atoms with Crippen molar-refractivity contribution in [3.63, 3.8) is 0 Å². The van der Waals surface area contributed by atoms with Crippen LogP contribution in [0, 0.1) is 5.92 Å². The van der Waals surface area contributed by atoms with E-state index >= 15 is 0 Å². The van der Waals surface area contributed by atoms with Gasteiger partial charge < -0.3 is 10.4 Å². The maximum atomic E-state index is 11.3. The number of hydrogen-bond acceptors (Lipinski definition) is 2. The van der Waals surface area contributed by atoms with Crippen LogP contribution in [0.3, 0.4) is 0 Å². The summed E-state index contributed by atoms with van der Waals surface area (Å²) in [7, 11) is 0. The second kappa shape index (κ2) is 3.73. The van der Waals surface area contributed by atoms with Gasteiger partial charge in [-0.15, -0.1) is 0 Å². The fourth-order valence-corrected chi connectivity index (χ4v) is 1.92. The third-order valence-electron chi connectivity index (χ3n) is 2.67. The average Bonchev–Trinajstić information content (AvgIpc) is 2.61. The highest BCUT2D eigenvalue weighted by molar-refractivity contribution is 5.99. The molecule has 4 heteroatoms. The zero-order valence-corrected chi connectivity index (χ0v) is 8.01. The summed E-state index contributed by atoms with van der Waals surface area (Å²) in [5, 5.41) is 11.5. The number of benzene rings is 1. The highest BCUT2D eigenvalue weighted by Gasteiger charge is 2.40. The van der Waals surface area contributed by atoms with Crippen molar-refractivity contribution in [2.45, 2.75) is 5.92 Å². The van der Waals surface area contributed by atoms with E-state index in [-0.39, 0.29) is 5.92 Å². The number of aliphatic carboxylic acids is 1. The molecule has 4 nitrogen and oxygen atoms in total. The van der Waals surface area contributed by atoms with Crippen molar-refractivity contribution >= 4 is 11.9 Å². The molecule has 0 aliphatic carbocycles. The Morgan fingerprint density at radius 3 is 2.60 bits per heavy atom. The number of carbonyl (C=O) groups is 2. The molecule has 1 aromatic carbocycles. The van der Waals surface area contributed by atoms with Gasteiger partial charge in [0, 0.05) is 12.5 Å². The summed E-state index contributed by atoms with van der Waals surface area (Å²) in [6, 6.07) is 9.25. The van der Waals surface area contributed by atoms with Gasteiger partial charge in [0.2, 0.25) is 5.91 Å². The number of carboxylic acid groups (broad SMARTS) is 1. The largest absolute Gasteiger partial charge is 0.481 e. The quantitative estimate of drug-likeness (QED) is 0.695. The second-order valence-corrected chi connectivity index (χ2v) is 3.58. The molecule has 1 saturated heterocycles. The molecule has 1 aliphatic heterocycles. The van der Waals surface area contributed by atoms with Gasteiger partial charge in [-0.2, -0.15) is 0 Å². The second-order valence-electron chi connectivity index (χ2n) is 3.58. The van der Waals surface area contributed by atoms with E-state index in [9.17, 15) is 9.59 Å². The Morgan fingerprint density at radius 2 is 2.00 bits per heavy atom. The number of hydrogen-bond donors (Lipinski definition) is 2. The standard InChI is InChI=1S/C11H11NO3/c13-10-9(11(14)15)8(6-12-10)7-4-2-1-3-5-7/h1-5,8-9H,6H2,(H,12,13)(H,14,15). The summed E-state index contributed by atoms with van der Waals surface area (Å²) in [4.78, 5) is 22.2. The van der Waals surface area contributed by atoms with Crippen LogP contribution < -0.4 is 5.32 Å². The Kier molecular flexibility index (Phi) is 2.41. The van der Waals surface area contributed by atoms with Gasteiger partial charge in [-0.25, -0.2) is 0 Å². The predicted molar refractivity (Wildman–Crippen MR) is 53.3 cm³/mol. The third kappa shape index (κ3) is 1.70. The lowest BCUT2D eigenvalue weighted by molar-refractivity contribution is -0.145. The Morgan fingerprint density at radius 1 is 1.33 bits per heavy atom. The molecule has 1 heterocycles. The van der Waals surface area contributed by atoms with Crippen LogP contribution in [0.15, 0.2) is 30.3 Å². The summed E-state index contributed by atoms with van der Waals surface area (Å²) in [5.41, 5.74) is 0.892. The van der Waals surface area contributed by atoms with Crippen molar-refractivity contribution < 1.29 is 14.7 Å². The maximum Gasteiger partial charge on any atom is 0.316 e. The first-order chi connectivity index (χ1) is 7.20. The molecule has 78 valence electrons. The van der Waals surface area contributed by atoms with Gasteiger partial charge in [-0.05, 0) is 5.56 Å². The minimum Gasteiger partial charge on any atom is -0.481 e. The molecule has 15 heavy (non-hydrogen) atoms.